The Morgan fingerprint density at radius 2 is 2.07 bits per heavy atom. The SMILES string of the molecule is CCc1c(-c2ccncc2)[nH]cnc1=S. The molecule has 0 saturated heterocycles. The summed E-state index contributed by atoms with van der Waals surface area (Å²) in [5.41, 5.74) is 3.22. The third-order valence-corrected chi connectivity index (χ3v) is 2.62. The van der Waals surface area contributed by atoms with Crippen LogP contribution in [-0.2, 0) is 6.42 Å². The summed E-state index contributed by atoms with van der Waals surface area (Å²) in [4.78, 5) is 11.2. The Balaban J connectivity index is 2.63. The minimum Gasteiger partial charge on any atom is -0.346 e. The first-order valence-electron chi connectivity index (χ1n) is 4.80. The quantitative estimate of drug-likeness (QED) is 0.786. The first kappa shape index (κ1) is 9.98. The highest BCUT2D eigenvalue weighted by molar-refractivity contribution is 7.71. The zero-order valence-electron chi connectivity index (χ0n) is 8.40. The molecule has 1 N–H and O–H groups in total. The predicted molar refractivity (Wildman–Crippen MR) is 62.0 cm³/mol. The molecule has 0 radical (unpaired) electrons. The maximum absolute atomic E-state index is 5.19. The second-order valence-electron chi connectivity index (χ2n) is 3.15. The fourth-order valence-electron chi connectivity index (χ4n) is 1.53. The molecular weight excluding hydrogens is 206 g/mol. The molecule has 0 amide bonds. The van der Waals surface area contributed by atoms with E-state index in [1.165, 1.54) is 0 Å². The van der Waals surface area contributed by atoms with E-state index in [4.69, 9.17) is 12.2 Å². The maximum Gasteiger partial charge on any atom is 0.133 e. The van der Waals surface area contributed by atoms with E-state index in [-0.39, 0.29) is 0 Å². The average Bonchev–Trinajstić information content (AvgIpc) is 2.30. The second-order valence-corrected chi connectivity index (χ2v) is 3.54. The molecule has 2 heterocycles. The molecule has 2 aromatic rings. The van der Waals surface area contributed by atoms with E-state index < -0.39 is 0 Å². The van der Waals surface area contributed by atoms with Crippen LogP contribution in [0.25, 0.3) is 11.3 Å². The lowest BCUT2D eigenvalue weighted by atomic mass is 10.1. The lowest BCUT2D eigenvalue weighted by Gasteiger charge is -2.06. The maximum atomic E-state index is 5.19. The van der Waals surface area contributed by atoms with Gasteiger partial charge in [-0.1, -0.05) is 19.1 Å². The molecule has 76 valence electrons. The summed E-state index contributed by atoms with van der Waals surface area (Å²) in [6.45, 7) is 2.07. The number of aromatic amines is 1. The van der Waals surface area contributed by atoms with Crippen LogP contribution in [0.5, 0.6) is 0 Å². The molecular formula is C11H11N3S. The van der Waals surface area contributed by atoms with Crippen LogP contribution < -0.4 is 0 Å². The Morgan fingerprint density at radius 3 is 2.73 bits per heavy atom. The molecule has 0 atom stereocenters. The second kappa shape index (κ2) is 4.31. The van der Waals surface area contributed by atoms with Gasteiger partial charge in [0, 0.05) is 23.5 Å². The summed E-state index contributed by atoms with van der Waals surface area (Å²) in [5.74, 6) is 0. The number of rotatable bonds is 2. The largest absolute Gasteiger partial charge is 0.346 e. The zero-order chi connectivity index (χ0) is 10.7. The number of aromatic nitrogens is 3. The smallest absolute Gasteiger partial charge is 0.133 e. The monoisotopic (exact) mass is 217 g/mol. The van der Waals surface area contributed by atoms with Gasteiger partial charge in [-0.15, -0.1) is 0 Å². The molecule has 0 spiro atoms. The Morgan fingerprint density at radius 1 is 1.33 bits per heavy atom. The zero-order valence-corrected chi connectivity index (χ0v) is 9.21. The molecule has 0 aliphatic heterocycles. The van der Waals surface area contributed by atoms with Gasteiger partial charge in [-0.3, -0.25) is 4.98 Å². The molecule has 3 nitrogen and oxygen atoms in total. The van der Waals surface area contributed by atoms with Gasteiger partial charge in [-0.05, 0) is 18.6 Å². The molecule has 0 fully saturated rings. The van der Waals surface area contributed by atoms with Crippen LogP contribution in [0.4, 0.5) is 0 Å². The molecule has 15 heavy (non-hydrogen) atoms. The molecule has 0 aromatic carbocycles. The summed E-state index contributed by atoms with van der Waals surface area (Å²) in [5, 5.41) is 0. The van der Waals surface area contributed by atoms with Gasteiger partial charge >= 0.3 is 0 Å². The fourth-order valence-corrected chi connectivity index (χ4v) is 1.83. The minimum absolute atomic E-state index is 0.670. The van der Waals surface area contributed by atoms with E-state index in [1.54, 1.807) is 18.7 Å². The molecule has 2 rings (SSSR count). The van der Waals surface area contributed by atoms with Crippen molar-refractivity contribution in [1.82, 2.24) is 15.0 Å². The van der Waals surface area contributed by atoms with Crippen molar-refractivity contribution in [3.05, 3.63) is 41.1 Å². The Hall–Kier alpha value is -1.55. The van der Waals surface area contributed by atoms with E-state index >= 15 is 0 Å². The van der Waals surface area contributed by atoms with Crippen molar-refractivity contribution in [3.8, 4) is 11.3 Å². The van der Waals surface area contributed by atoms with E-state index in [0.717, 1.165) is 23.2 Å². The Kier molecular flexibility index (Phi) is 2.87. The van der Waals surface area contributed by atoms with Gasteiger partial charge in [-0.25, -0.2) is 4.98 Å². The highest BCUT2D eigenvalue weighted by Gasteiger charge is 2.05. The van der Waals surface area contributed by atoms with Gasteiger partial charge in [0.1, 0.15) is 4.64 Å². The lowest BCUT2D eigenvalue weighted by molar-refractivity contribution is 1.04. The van der Waals surface area contributed by atoms with Gasteiger partial charge in [0.15, 0.2) is 0 Å². The summed E-state index contributed by atoms with van der Waals surface area (Å²) in [7, 11) is 0. The topological polar surface area (TPSA) is 41.6 Å². The number of pyridine rings is 1. The van der Waals surface area contributed by atoms with Crippen LogP contribution in [0.15, 0.2) is 30.9 Å². The van der Waals surface area contributed by atoms with E-state index in [0.29, 0.717) is 4.64 Å². The number of H-pyrrole nitrogens is 1. The molecule has 2 aromatic heterocycles. The average molecular weight is 217 g/mol. The third-order valence-electron chi connectivity index (χ3n) is 2.27. The fraction of sp³-hybridized carbons (Fsp3) is 0.182. The number of nitrogens with zero attached hydrogens (tertiary/aromatic N) is 2. The summed E-state index contributed by atoms with van der Waals surface area (Å²) >= 11 is 5.19. The summed E-state index contributed by atoms with van der Waals surface area (Å²) < 4.78 is 0.670. The molecule has 0 saturated carbocycles. The molecule has 4 heteroatoms. The third kappa shape index (κ3) is 1.94. The molecule has 0 unspecified atom stereocenters. The highest BCUT2D eigenvalue weighted by Crippen LogP contribution is 2.20. The summed E-state index contributed by atoms with van der Waals surface area (Å²) in [6, 6.07) is 3.92. The first-order chi connectivity index (χ1) is 7.33. The number of hydrogen-bond donors (Lipinski definition) is 1. The van der Waals surface area contributed by atoms with Crippen molar-refractivity contribution in [2.24, 2.45) is 0 Å². The highest BCUT2D eigenvalue weighted by atomic mass is 32.1. The van der Waals surface area contributed by atoms with Gasteiger partial charge < -0.3 is 4.98 Å². The van der Waals surface area contributed by atoms with Crippen LogP contribution >= 0.6 is 12.2 Å². The molecule has 0 bridgehead atoms. The standard InChI is InChI=1S/C11H11N3S/c1-2-9-10(13-7-14-11(9)15)8-3-5-12-6-4-8/h3-7H,2H2,1H3,(H,13,14,15). The van der Waals surface area contributed by atoms with Gasteiger partial charge in [-0.2, -0.15) is 0 Å². The Labute approximate surface area is 93.2 Å². The van der Waals surface area contributed by atoms with Crippen LogP contribution in [0.1, 0.15) is 12.5 Å². The number of hydrogen-bond acceptors (Lipinski definition) is 3. The van der Waals surface area contributed by atoms with E-state index in [9.17, 15) is 0 Å². The molecule has 0 aliphatic carbocycles. The van der Waals surface area contributed by atoms with Crippen molar-refractivity contribution in [2.75, 3.05) is 0 Å². The van der Waals surface area contributed by atoms with Crippen molar-refractivity contribution in [3.63, 3.8) is 0 Å². The van der Waals surface area contributed by atoms with Crippen LogP contribution in [0.2, 0.25) is 0 Å². The van der Waals surface area contributed by atoms with Crippen molar-refractivity contribution in [1.29, 1.82) is 0 Å². The van der Waals surface area contributed by atoms with E-state index in [2.05, 4.69) is 21.9 Å². The van der Waals surface area contributed by atoms with Crippen LogP contribution in [0.3, 0.4) is 0 Å². The van der Waals surface area contributed by atoms with Crippen LogP contribution in [-0.4, -0.2) is 15.0 Å². The first-order valence-corrected chi connectivity index (χ1v) is 5.20. The molecule has 0 aliphatic rings. The normalized spacial score (nSPS) is 10.2. The predicted octanol–water partition coefficient (Wildman–Crippen LogP) is 2.76. The van der Waals surface area contributed by atoms with E-state index in [1.807, 2.05) is 12.1 Å². The minimum atomic E-state index is 0.670. The summed E-state index contributed by atoms with van der Waals surface area (Å²) in [6.07, 6.45) is 6.05. The van der Waals surface area contributed by atoms with Gasteiger partial charge in [0.2, 0.25) is 0 Å². The van der Waals surface area contributed by atoms with Crippen LogP contribution in [0, 0.1) is 4.64 Å². The van der Waals surface area contributed by atoms with Crippen molar-refractivity contribution < 1.29 is 0 Å². The Bertz CT molecular complexity index is 505. The number of nitrogens with one attached hydrogen (secondary N) is 1. The van der Waals surface area contributed by atoms with Crippen molar-refractivity contribution in [2.45, 2.75) is 13.3 Å². The van der Waals surface area contributed by atoms with Crippen molar-refractivity contribution >= 4 is 12.2 Å². The van der Waals surface area contributed by atoms with Gasteiger partial charge in [0.05, 0.1) is 12.0 Å². The van der Waals surface area contributed by atoms with Gasteiger partial charge in [0.25, 0.3) is 0 Å². The lowest BCUT2D eigenvalue weighted by Crippen LogP contribution is -1.95.